The van der Waals surface area contributed by atoms with E-state index in [0.717, 1.165) is 0 Å². The largest absolute Gasteiger partial charge is 0.466 e. The molecule has 6 nitrogen and oxygen atoms in total. The Morgan fingerprint density at radius 2 is 2.23 bits per heavy atom. The van der Waals surface area contributed by atoms with E-state index >= 15 is 0 Å². The number of aryl methyl sites for hydroxylation is 1. The van der Waals surface area contributed by atoms with Gasteiger partial charge in [-0.15, -0.1) is 0 Å². The van der Waals surface area contributed by atoms with Crippen LogP contribution >= 0.6 is 11.6 Å². The number of carbonyl (C=O) groups is 1. The Bertz CT molecular complexity index is 620. The molecule has 1 aromatic carbocycles. The van der Waals surface area contributed by atoms with E-state index in [2.05, 4.69) is 19.5 Å². The summed E-state index contributed by atoms with van der Waals surface area (Å²) in [5, 5.41) is 3.27. The molecule has 0 amide bonds. The van der Waals surface area contributed by atoms with Crippen LogP contribution in [0.25, 0.3) is 16.5 Å². The van der Waals surface area contributed by atoms with Gasteiger partial charge < -0.3 is 9.47 Å². The minimum atomic E-state index is -2.99. The van der Waals surface area contributed by atoms with Crippen LogP contribution in [0, 0.1) is 6.92 Å². The molecule has 0 fully saturated rings. The molecule has 0 N–H and O–H groups in total. The van der Waals surface area contributed by atoms with E-state index in [-0.39, 0.29) is 22.9 Å². The van der Waals surface area contributed by atoms with Crippen LogP contribution in [0.1, 0.15) is 11.1 Å². The molecule has 9 heteroatoms. The van der Waals surface area contributed by atoms with Gasteiger partial charge in [0.15, 0.2) is 0 Å². The van der Waals surface area contributed by atoms with Crippen molar-refractivity contribution >= 4 is 23.6 Å². The molecule has 0 radical (unpaired) electrons. The first kappa shape index (κ1) is 17.7. The highest BCUT2D eigenvalue weighted by atomic mass is 35.5. The molecular formula is C13H12ClF2N3O3. The van der Waals surface area contributed by atoms with Crippen molar-refractivity contribution in [2.45, 2.75) is 13.5 Å². The van der Waals surface area contributed by atoms with Crippen molar-refractivity contribution < 1.29 is 23.0 Å². The molecular weight excluding hydrogens is 320 g/mol. The van der Waals surface area contributed by atoms with Crippen LogP contribution in [0.3, 0.4) is 0 Å². The van der Waals surface area contributed by atoms with Gasteiger partial charge in [0.2, 0.25) is 0 Å². The standard InChI is InChI=1S/C13H12ClF2N3O3/c1-7-3-8(5-10(14)11(7)22-13(15)16)4-9(6-18-19-17)12(20)21-2/h3-5,13H,6H2,1-2H3/b9-4+. The van der Waals surface area contributed by atoms with E-state index in [1.807, 2.05) is 0 Å². The number of rotatable bonds is 6. The van der Waals surface area contributed by atoms with Gasteiger partial charge in [0.25, 0.3) is 0 Å². The number of ether oxygens (including phenoxy) is 2. The smallest absolute Gasteiger partial charge is 0.387 e. The van der Waals surface area contributed by atoms with E-state index in [1.54, 1.807) is 0 Å². The van der Waals surface area contributed by atoms with Crippen LogP contribution < -0.4 is 4.74 Å². The second kappa shape index (κ2) is 8.21. The van der Waals surface area contributed by atoms with Gasteiger partial charge in [-0.1, -0.05) is 16.7 Å². The number of hydrogen-bond acceptors (Lipinski definition) is 4. The predicted octanol–water partition coefficient (Wildman–Crippen LogP) is 4.12. The summed E-state index contributed by atoms with van der Waals surface area (Å²) in [6.45, 7) is -1.67. The first-order valence-electron chi connectivity index (χ1n) is 5.93. The van der Waals surface area contributed by atoms with Crippen molar-refractivity contribution in [1.82, 2.24) is 0 Å². The molecule has 0 atom stereocenters. The summed E-state index contributed by atoms with van der Waals surface area (Å²) < 4.78 is 33.5. The van der Waals surface area contributed by atoms with Gasteiger partial charge in [0.05, 0.1) is 18.7 Å². The fourth-order valence-electron chi connectivity index (χ4n) is 1.69. The number of alkyl halides is 2. The zero-order chi connectivity index (χ0) is 16.7. The van der Waals surface area contributed by atoms with E-state index in [9.17, 15) is 13.6 Å². The number of azide groups is 1. The van der Waals surface area contributed by atoms with Gasteiger partial charge >= 0.3 is 12.6 Å². The first-order valence-corrected chi connectivity index (χ1v) is 6.31. The lowest BCUT2D eigenvalue weighted by Crippen LogP contribution is -2.07. The summed E-state index contributed by atoms with van der Waals surface area (Å²) in [6.07, 6.45) is 1.39. The third-order valence-electron chi connectivity index (χ3n) is 2.55. The van der Waals surface area contributed by atoms with Crippen LogP contribution in [0.2, 0.25) is 5.02 Å². The van der Waals surface area contributed by atoms with Gasteiger partial charge in [-0.25, -0.2) is 4.79 Å². The van der Waals surface area contributed by atoms with Gasteiger partial charge in [-0.3, -0.25) is 0 Å². The number of halogens is 3. The highest BCUT2D eigenvalue weighted by Crippen LogP contribution is 2.32. The molecule has 0 bridgehead atoms. The normalized spacial score (nSPS) is 11.1. The monoisotopic (exact) mass is 331 g/mol. The van der Waals surface area contributed by atoms with Gasteiger partial charge in [-0.05, 0) is 41.8 Å². The number of hydrogen-bond donors (Lipinski definition) is 0. The van der Waals surface area contributed by atoms with Crippen molar-refractivity contribution in [3.05, 3.63) is 44.3 Å². The number of nitrogens with zero attached hydrogens (tertiary/aromatic N) is 3. The third-order valence-corrected chi connectivity index (χ3v) is 2.83. The first-order chi connectivity index (χ1) is 10.4. The summed E-state index contributed by atoms with van der Waals surface area (Å²) in [6, 6.07) is 2.86. The highest BCUT2D eigenvalue weighted by Gasteiger charge is 2.14. The van der Waals surface area contributed by atoms with Crippen LogP contribution in [-0.4, -0.2) is 26.2 Å². The number of methoxy groups -OCH3 is 1. The highest BCUT2D eigenvalue weighted by molar-refractivity contribution is 6.32. The maximum atomic E-state index is 12.3. The molecule has 0 spiro atoms. The van der Waals surface area contributed by atoms with Crippen LogP contribution in [-0.2, 0) is 9.53 Å². The summed E-state index contributed by atoms with van der Waals surface area (Å²) in [5.41, 5.74) is 9.23. The molecule has 0 unspecified atom stereocenters. The number of esters is 1. The Morgan fingerprint density at radius 3 is 2.73 bits per heavy atom. The lowest BCUT2D eigenvalue weighted by Gasteiger charge is -2.11. The van der Waals surface area contributed by atoms with Crippen LogP contribution in [0.15, 0.2) is 22.8 Å². The Kier molecular flexibility index (Phi) is 6.62. The molecule has 0 aliphatic heterocycles. The maximum absolute atomic E-state index is 12.3. The third kappa shape index (κ3) is 4.91. The maximum Gasteiger partial charge on any atom is 0.387 e. The Hall–Kier alpha value is -2.31. The minimum Gasteiger partial charge on any atom is -0.466 e. The fraction of sp³-hybridized carbons (Fsp3) is 0.308. The van der Waals surface area contributed by atoms with Gasteiger partial charge in [0, 0.05) is 10.5 Å². The Balaban J connectivity index is 3.21. The van der Waals surface area contributed by atoms with Crippen LogP contribution in [0.5, 0.6) is 5.75 Å². The molecule has 1 rings (SSSR count). The molecule has 1 aromatic rings. The molecule has 0 saturated carbocycles. The van der Waals surface area contributed by atoms with E-state index in [4.69, 9.17) is 17.1 Å². The fourth-order valence-corrected chi connectivity index (χ4v) is 2.01. The Morgan fingerprint density at radius 1 is 1.55 bits per heavy atom. The topological polar surface area (TPSA) is 84.3 Å². The van der Waals surface area contributed by atoms with Crippen molar-refractivity contribution in [2.24, 2.45) is 5.11 Å². The van der Waals surface area contributed by atoms with Gasteiger partial charge in [0.1, 0.15) is 5.75 Å². The second-order valence-electron chi connectivity index (χ2n) is 4.08. The predicted molar refractivity (Wildman–Crippen MR) is 76.8 cm³/mol. The SMILES string of the molecule is COC(=O)/C(=C/c1cc(C)c(OC(F)F)c(Cl)c1)CN=[N+]=[N-]. The van der Waals surface area contributed by atoms with E-state index in [0.29, 0.717) is 11.1 Å². The lowest BCUT2D eigenvalue weighted by atomic mass is 10.1. The number of carbonyl (C=O) groups excluding carboxylic acids is 1. The minimum absolute atomic E-state index is 0.0282. The van der Waals surface area contributed by atoms with E-state index in [1.165, 1.54) is 32.2 Å². The molecule has 118 valence electrons. The molecule has 0 aliphatic rings. The van der Waals surface area contributed by atoms with Crippen molar-refractivity contribution in [1.29, 1.82) is 0 Å². The average Bonchev–Trinajstić information content (AvgIpc) is 2.46. The molecule has 0 heterocycles. The molecule has 0 aromatic heterocycles. The quantitative estimate of drug-likeness (QED) is 0.258. The summed E-state index contributed by atoms with van der Waals surface area (Å²) >= 11 is 5.89. The molecule has 22 heavy (non-hydrogen) atoms. The van der Waals surface area contributed by atoms with Crippen molar-refractivity contribution in [3.63, 3.8) is 0 Å². The van der Waals surface area contributed by atoms with Gasteiger partial charge in [-0.2, -0.15) is 8.78 Å². The molecule has 0 aliphatic carbocycles. The average molecular weight is 332 g/mol. The zero-order valence-electron chi connectivity index (χ0n) is 11.7. The van der Waals surface area contributed by atoms with E-state index < -0.39 is 12.6 Å². The van der Waals surface area contributed by atoms with Crippen LogP contribution in [0.4, 0.5) is 8.78 Å². The Labute approximate surface area is 129 Å². The second-order valence-corrected chi connectivity index (χ2v) is 4.48. The lowest BCUT2D eigenvalue weighted by molar-refractivity contribution is -0.136. The summed E-state index contributed by atoms with van der Waals surface area (Å²) in [5.74, 6) is -0.808. The van der Waals surface area contributed by atoms with Crippen molar-refractivity contribution in [2.75, 3.05) is 13.7 Å². The molecule has 0 saturated heterocycles. The number of benzene rings is 1. The summed E-state index contributed by atoms with van der Waals surface area (Å²) in [7, 11) is 1.18. The summed E-state index contributed by atoms with van der Waals surface area (Å²) in [4.78, 5) is 14.1. The van der Waals surface area contributed by atoms with Crippen molar-refractivity contribution in [3.8, 4) is 5.75 Å². The zero-order valence-corrected chi connectivity index (χ0v) is 12.5.